The average Bonchev–Trinajstić information content (AvgIpc) is 2.90. The van der Waals surface area contributed by atoms with E-state index in [4.69, 9.17) is 4.98 Å². The molecule has 35 heavy (non-hydrogen) atoms. The van der Waals surface area contributed by atoms with Gasteiger partial charge in [-0.2, -0.15) is 0 Å². The molecule has 1 aromatic heterocycles. The largest absolute Gasteiger partial charge is 0.362 e. The molecule has 0 radical (unpaired) electrons. The van der Waals surface area contributed by atoms with E-state index in [0.717, 1.165) is 17.0 Å². The van der Waals surface area contributed by atoms with Crippen LogP contribution in [0.4, 0.5) is 5.69 Å². The van der Waals surface area contributed by atoms with E-state index in [0.29, 0.717) is 5.92 Å². The predicted octanol–water partition coefficient (Wildman–Crippen LogP) is 8.56. The molecule has 0 aliphatic carbocycles. The number of hydrogen-bond acceptors (Lipinski definition) is 2. The summed E-state index contributed by atoms with van der Waals surface area (Å²) in [6, 6.07) is 39.0. The van der Waals surface area contributed by atoms with Crippen molar-refractivity contribution < 1.29 is 0 Å². The minimum absolute atomic E-state index is 0.00368. The SMILES string of the molecule is Cc1ccccc1C(c1cccc(-c2cccc3ccccc23)n1)N(C)c1ccc(C(C)C)cc1. The number of anilines is 1. The molecule has 5 aromatic rings. The molecule has 2 nitrogen and oxygen atoms in total. The van der Waals surface area contributed by atoms with Crippen LogP contribution in [-0.2, 0) is 0 Å². The first-order valence-corrected chi connectivity index (χ1v) is 12.4. The molecule has 5 rings (SSSR count). The van der Waals surface area contributed by atoms with Crippen molar-refractivity contribution in [2.24, 2.45) is 0 Å². The van der Waals surface area contributed by atoms with Crippen molar-refractivity contribution in [3.8, 4) is 11.3 Å². The van der Waals surface area contributed by atoms with Crippen LogP contribution in [0.3, 0.4) is 0 Å². The lowest BCUT2D eigenvalue weighted by Crippen LogP contribution is -2.26. The van der Waals surface area contributed by atoms with Crippen molar-refractivity contribution in [1.29, 1.82) is 0 Å². The third-order valence-corrected chi connectivity index (χ3v) is 6.95. The summed E-state index contributed by atoms with van der Waals surface area (Å²) in [7, 11) is 2.17. The highest BCUT2D eigenvalue weighted by Gasteiger charge is 2.23. The van der Waals surface area contributed by atoms with Gasteiger partial charge in [0, 0.05) is 18.3 Å². The quantitative estimate of drug-likeness (QED) is 0.254. The Morgan fingerprint density at radius 2 is 1.37 bits per heavy atom. The Bertz CT molecular complexity index is 1440. The summed E-state index contributed by atoms with van der Waals surface area (Å²) >= 11 is 0. The number of aryl methyl sites for hydroxylation is 1. The fourth-order valence-corrected chi connectivity index (χ4v) is 4.91. The molecule has 1 atom stereocenters. The minimum Gasteiger partial charge on any atom is -0.362 e. The van der Waals surface area contributed by atoms with E-state index in [1.165, 1.54) is 33.2 Å². The maximum absolute atomic E-state index is 5.26. The number of hydrogen-bond donors (Lipinski definition) is 0. The third-order valence-electron chi connectivity index (χ3n) is 6.95. The molecule has 4 aromatic carbocycles. The molecule has 0 saturated carbocycles. The van der Waals surface area contributed by atoms with Crippen LogP contribution < -0.4 is 4.90 Å². The molecular weight excluding hydrogens is 424 g/mol. The van der Waals surface area contributed by atoms with E-state index in [-0.39, 0.29) is 6.04 Å². The highest BCUT2D eigenvalue weighted by atomic mass is 15.1. The van der Waals surface area contributed by atoms with E-state index in [9.17, 15) is 0 Å². The van der Waals surface area contributed by atoms with Crippen LogP contribution >= 0.6 is 0 Å². The second kappa shape index (κ2) is 9.76. The predicted molar refractivity (Wildman–Crippen MR) is 149 cm³/mol. The van der Waals surface area contributed by atoms with Gasteiger partial charge >= 0.3 is 0 Å². The van der Waals surface area contributed by atoms with E-state index in [1.807, 2.05) is 0 Å². The second-order valence-corrected chi connectivity index (χ2v) is 9.59. The number of aromatic nitrogens is 1. The Labute approximate surface area is 208 Å². The molecule has 1 unspecified atom stereocenters. The maximum atomic E-state index is 5.26. The molecule has 1 heterocycles. The Morgan fingerprint density at radius 1 is 0.686 bits per heavy atom. The van der Waals surface area contributed by atoms with Crippen molar-refractivity contribution in [1.82, 2.24) is 4.98 Å². The molecular formula is C33H32N2. The molecule has 174 valence electrons. The van der Waals surface area contributed by atoms with Crippen molar-refractivity contribution in [2.45, 2.75) is 32.7 Å². The summed E-state index contributed by atoms with van der Waals surface area (Å²) in [5.74, 6) is 0.514. The molecule has 0 N–H and O–H groups in total. The molecule has 0 amide bonds. The molecule has 0 bridgehead atoms. The number of pyridine rings is 1. The first-order chi connectivity index (χ1) is 17.0. The van der Waals surface area contributed by atoms with Crippen LogP contribution in [0.2, 0.25) is 0 Å². The standard InChI is InChI=1S/C33H32N2/c1-23(2)25-19-21-27(22-20-25)35(4)33(28-14-7-5-11-24(28)3)32-18-10-17-31(34-32)30-16-9-13-26-12-6-8-15-29(26)30/h5-23,33H,1-4H3. The van der Waals surface area contributed by atoms with Gasteiger partial charge in [0.25, 0.3) is 0 Å². The number of fused-ring (bicyclic) bond motifs is 1. The van der Waals surface area contributed by atoms with Crippen LogP contribution in [0.1, 0.15) is 48.2 Å². The lowest BCUT2D eigenvalue weighted by atomic mass is 9.95. The maximum Gasteiger partial charge on any atom is 0.0965 e. The Morgan fingerprint density at radius 3 is 2.14 bits per heavy atom. The average molecular weight is 457 g/mol. The van der Waals surface area contributed by atoms with Gasteiger partial charge in [0.15, 0.2) is 0 Å². The zero-order valence-corrected chi connectivity index (χ0v) is 20.9. The molecule has 0 aliphatic rings. The summed E-state index contributed by atoms with van der Waals surface area (Å²) in [5, 5.41) is 2.46. The van der Waals surface area contributed by atoms with Gasteiger partial charge in [0.05, 0.1) is 17.4 Å². The zero-order chi connectivity index (χ0) is 24.4. The highest BCUT2D eigenvalue weighted by Crippen LogP contribution is 2.35. The van der Waals surface area contributed by atoms with Crippen LogP contribution in [0.15, 0.2) is 109 Å². The summed E-state index contributed by atoms with van der Waals surface area (Å²) < 4.78 is 0. The first-order valence-electron chi connectivity index (χ1n) is 12.4. The van der Waals surface area contributed by atoms with E-state index in [2.05, 4.69) is 142 Å². The summed E-state index contributed by atoms with van der Waals surface area (Å²) in [6.45, 7) is 6.65. The normalized spacial score (nSPS) is 12.1. The Balaban J connectivity index is 1.63. The number of nitrogens with zero attached hydrogens (tertiary/aromatic N) is 2. The van der Waals surface area contributed by atoms with E-state index in [1.54, 1.807) is 0 Å². The molecule has 0 aliphatic heterocycles. The van der Waals surface area contributed by atoms with Crippen LogP contribution in [-0.4, -0.2) is 12.0 Å². The van der Waals surface area contributed by atoms with Crippen LogP contribution in [0.5, 0.6) is 0 Å². The van der Waals surface area contributed by atoms with Crippen molar-refractivity contribution >= 4 is 16.5 Å². The van der Waals surface area contributed by atoms with Crippen LogP contribution in [0, 0.1) is 6.92 Å². The summed E-state index contributed by atoms with van der Waals surface area (Å²) in [6.07, 6.45) is 0. The van der Waals surface area contributed by atoms with E-state index >= 15 is 0 Å². The van der Waals surface area contributed by atoms with Gasteiger partial charge in [-0.05, 0) is 64.6 Å². The Hall–Kier alpha value is -3.91. The fourth-order valence-electron chi connectivity index (χ4n) is 4.91. The van der Waals surface area contributed by atoms with Gasteiger partial charge in [-0.25, -0.2) is 0 Å². The molecule has 0 spiro atoms. The summed E-state index contributed by atoms with van der Waals surface area (Å²) in [4.78, 5) is 7.61. The number of benzene rings is 4. The van der Waals surface area contributed by atoms with Crippen molar-refractivity contribution in [3.05, 3.63) is 132 Å². The lowest BCUT2D eigenvalue weighted by Gasteiger charge is -2.32. The lowest BCUT2D eigenvalue weighted by molar-refractivity contribution is 0.750. The second-order valence-electron chi connectivity index (χ2n) is 9.59. The van der Waals surface area contributed by atoms with Crippen LogP contribution in [0.25, 0.3) is 22.0 Å². The smallest absolute Gasteiger partial charge is 0.0965 e. The number of rotatable bonds is 6. The van der Waals surface area contributed by atoms with Crippen molar-refractivity contribution in [3.63, 3.8) is 0 Å². The Kier molecular flexibility index (Phi) is 6.37. The van der Waals surface area contributed by atoms with Gasteiger partial charge in [-0.1, -0.05) is 98.8 Å². The van der Waals surface area contributed by atoms with E-state index < -0.39 is 0 Å². The van der Waals surface area contributed by atoms with Crippen molar-refractivity contribution in [2.75, 3.05) is 11.9 Å². The zero-order valence-electron chi connectivity index (χ0n) is 20.9. The topological polar surface area (TPSA) is 16.1 Å². The molecule has 2 heteroatoms. The molecule has 0 saturated heterocycles. The summed E-state index contributed by atoms with van der Waals surface area (Å²) in [5.41, 5.74) is 8.27. The van der Waals surface area contributed by atoms with Gasteiger partial charge in [-0.3, -0.25) is 4.98 Å². The minimum atomic E-state index is -0.00368. The van der Waals surface area contributed by atoms with Gasteiger partial charge in [-0.15, -0.1) is 0 Å². The molecule has 0 fully saturated rings. The van der Waals surface area contributed by atoms with Gasteiger partial charge < -0.3 is 4.90 Å². The monoisotopic (exact) mass is 456 g/mol. The third kappa shape index (κ3) is 4.57. The first kappa shape index (κ1) is 22.9. The highest BCUT2D eigenvalue weighted by molar-refractivity contribution is 5.95. The fraction of sp³-hybridized carbons (Fsp3) is 0.182. The van der Waals surface area contributed by atoms with Gasteiger partial charge in [0.2, 0.25) is 0 Å². The van der Waals surface area contributed by atoms with Gasteiger partial charge in [0.1, 0.15) is 0 Å².